The van der Waals surface area contributed by atoms with Gasteiger partial charge in [0.2, 0.25) is 0 Å². The number of aliphatic hydroxyl groups excluding tert-OH is 1. The van der Waals surface area contributed by atoms with Crippen molar-refractivity contribution in [1.29, 1.82) is 0 Å². The average molecular weight is 240 g/mol. The van der Waals surface area contributed by atoms with Gasteiger partial charge >= 0.3 is 0 Å². The van der Waals surface area contributed by atoms with Crippen LogP contribution < -0.4 is 11.1 Å². The monoisotopic (exact) mass is 240 g/mol. The molecule has 0 bridgehead atoms. The Bertz CT molecular complexity index is 374. The molecule has 0 spiro atoms. The molecule has 17 heavy (non-hydrogen) atoms. The number of halogens is 1. The summed E-state index contributed by atoms with van der Waals surface area (Å²) in [5, 5.41) is 12.2. The summed E-state index contributed by atoms with van der Waals surface area (Å²) in [5.74, 6) is -0.364. The summed E-state index contributed by atoms with van der Waals surface area (Å²) < 4.78 is 13.6. The summed E-state index contributed by atoms with van der Waals surface area (Å²) in [6.45, 7) is 6.23. The zero-order chi connectivity index (χ0) is 13.1. The zero-order valence-electron chi connectivity index (χ0n) is 10.6. The summed E-state index contributed by atoms with van der Waals surface area (Å²) in [6, 6.07) is 4.58. The zero-order valence-corrected chi connectivity index (χ0v) is 10.6. The van der Waals surface area contributed by atoms with Gasteiger partial charge in [-0.1, -0.05) is 20.8 Å². The number of anilines is 2. The van der Waals surface area contributed by atoms with Gasteiger partial charge in [0.15, 0.2) is 0 Å². The molecule has 1 unspecified atom stereocenters. The van der Waals surface area contributed by atoms with Crippen molar-refractivity contribution >= 4 is 11.4 Å². The summed E-state index contributed by atoms with van der Waals surface area (Å²) in [6.07, 6.45) is 0.577. The highest BCUT2D eigenvalue weighted by atomic mass is 19.1. The molecule has 1 aromatic carbocycles. The van der Waals surface area contributed by atoms with E-state index in [1.54, 1.807) is 12.1 Å². The molecule has 0 aromatic heterocycles. The van der Waals surface area contributed by atoms with Crippen molar-refractivity contribution < 1.29 is 9.50 Å². The first-order chi connectivity index (χ1) is 7.84. The van der Waals surface area contributed by atoms with Gasteiger partial charge in [0.05, 0.1) is 5.69 Å². The van der Waals surface area contributed by atoms with E-state index in [1.165, 1.54) is 6.07 Å². The van der Waals surface area contributed by atoms with Gasteiger partial charge in [-0.25, -0.2) is 4.39 Å². The molecule has 0 heterocycles. The van der Waals surface area contributed by atoms with Crippen LogP contribution in [0.5, 0.6) is 0 Å². The Morgan fingerprint density at radius 3 is 2.53 bits per heavy atom. The first-order valence-electron chi connectivity index (χ1n) is 5.77. The largest absolute Gasteiger partial charge is 0.399 e. The van der Waals surface area contributed by atoms with E-state index in [2.05, 4.69) is 26.1 Å². The van der Waals surface area contributed by atoms with E-state index >= 15 is 0 Å². The molecule has 0 radical (unpaired) electrons. The van der Waals surface area contributed by atoms with Crippen LogP contribution in [0.2, 0.25) is 0 Å². The molecule has 0 amide bonds. The highest BCUT2D eigenvalue weighted by Crippen LogP contribution is 2.27. The number of nitrogens with two attached hydrogens (primary N) is 1. The molecule has 1 rings (SSSR count). The van der Waals surface area contributed by atoms with Gasteiger partial charge in [-0.15, -0.1) is 0 Å². The minimum Gasteiger partial charge on any atom is -0.399 e. The molecule has 1 aromatic rings. The minimum absolute atomic E-state index is 0.00521. The quantitative estimate of drug-likeness (QED) is 0.709. The Balaban J connectivity index is 2.86. The fraction of sp³-hybridized carbons (Fsp3) is 0.538. The molecule has 0 saturated carbocycles. The molecule has 0 aliphatic carbocycles. The van der Waals surface area contributed by atoms with Crippen molar-refractivity contribution in [1.82, 2.24) is 0 Å². The van der Waals surface area contributed by atoms with Crippen molar-refractivity contribution in [2.75, 3.05) is 17.7 Å². The molecular formula is C13H21FN2O. The van der Waals surface area contributed by atoms with Crippen LogP contribution in [0.25, 0.3) is 0 Å². The molecule has 4 N–H and O–H groups in total. The van der Waals surface area contributed by atoms with E-state index in [-0.39, 0.29) is 23.9 Å². The summed E-state index contributed by atoms with van der Waals surface area (Å²) in [5.41, 5.74) is 6.26. The van der Waals surface area contributed by atoms with Crippen molar-refractivity contribution in [3.05, 3.63) is 24.0 Å². The average Bonchev–Trinajstić information content (AvgIpc) is 2.19. The van der Waals surface area contributed by atoms with E-state index in [0.29, 0.717) is 17.8 Å². The van der Waals surface area contributed by atoms with Crippen LogP contribution in [0, 0.1) is 11.2 Å². The first-order valence-corrected chi connectivity index (χ1v) is 5.77. The van der Waals surface area contributed by atoms with Crippen molar-refractivity contribution in [3.63, 3.8) is 0 Å². The number of aliphatic hydroxyl groups is 1. The number of nitrogen functional groups attached to an aromatic ring is 1. The SMILES string of the molecule is CC(C)(C)C(CCO)Nc1ccc(N)cc1F. The summed E-state index contributed by atoms with van der Waals surface area (Å²) >= 11 is 0. The number of nitrogens with one attached hydrogen (secondary N) is 1. The van der Waals surface area contributed by atoms with Crippen LogP contribution in [0.4, 0.5) is 15.8 Å². The van der Waals surface area contributed by atoms with Crippen molar-refractivity contribution in [3.8, 4) is 0 Å². The lowest BCUT2D eigenvalue weighted by atomic mass is 9.84. The standard InChI is InChI=1S/C13H21FN2O/c1-13(2,3)12(6-7-17)16-11-5-4-9(15)8-10(11)14/h4-5,8,12,16-17H,6-7,15H2,1-3H3. The molecule has 1 atom stereocenters. The van der Waals surface area contributed by atoms with Crippen LogP contribution in [0.1, 0.15) is 27.2 Å². The molecule has 3 nitrogen and oxygen atoms in total. The molecule has 0 fully saturated rings. The predicted molar refractivity (Wildman–Crippen MR) is 69.4 cm³/mol. The Morgan fingerprint density at radius 2 is 2.06 bits per heavy atom. The minimum atomic E-state index is -0.364. The van der Waals surface area contributed by atoms with Crippen LogP contribution in [-0.2, 0) is 0 Å². The fourth-order valence-electron chi connectivity index (χ4n) is 1.69. The highest BCUT2D eigenvalue weighted by Gasteiger charge is 2.24. The molecule has 96 valence electrons. The van der Waals surface area contributed by atoms with Gasteiger partial charge in [0.25, 0.3) is 0 Å². The highest BCUT2D eigenvalue weighted by molar-refractivity contribution is 5.53. The Kier molecular flexibility index (Phi) is 4.34. The van der Waals surface area contributed by atoms with Crippen LogP contribution in [0.3, 0.4) is 0 Å². The second kappa shape index (κ2) is 5.36. The van der Waals surface area contributed by atoms with Crippen molar-refractivity contribution in [2.45, 2.75) is 33.2 Å². The second-order valence-electron chi connectivity index (χ2n) is 5.31. The van der Waals surface area contributed by atoms with Gasteiger partial charge in [-0.3, -0.25) is 0 Å². The predicted octanol–water partition coefficient (Wildman–Crippen LogP) is 2.62. The van der Waals surface area contributed by atoms with E-state index in [9.17, 15) is 4.39 Å². The van der Waals surface area contributed by atoms with Crippen LogP contribution in [-0.4, -0.2) is 17.8 Å². The second-order valence-corrected chi connectivity index (χ2v) is 5.31. The Morgan fingerprint density at radius 1 is 1.41 bits per heavy atom. The smallest absolute Gasteiger partial charge is 0.148 e. The third-order valence-corrected chi connectivity index (χ3v) is 2.79. The topological polar surface area (TPSA) is 58.3 Å². The first kappa shape index (κ1) is 13.8. The van der Waals surface area contributed by atoms with E-state index in [1.807, 2.05) is 0 Å². The van der Waals surface area contributed by atoms with E-state index < -0.39 is 0 Å². The third kappa shape index (κ3) is 3.89. The van der Waals surface area contributed by atoms with E-state index in [0.717, 1.165) is 0 Å². The Labute approximate surface area is 102 Å². The maximum Gasteiger partial charge on any atom is 0.148 e. The Hall–Kier alpha value is -1.29. The third-order valence-electron chi connectivity index (χ3n) is 2.79. The van der Waals surface area contributed by atoms with Crippen LogP contribution >= 0.6 is 0 Å². The lowest BCUT2D eigenvalue weighted by Gasteiger charge is -2.32. The lowest BCUT2D eigenvalue weighted by Crippen LogP contribution is -2.35. The molecule has 0 aliphatic heterocycles. The molecular weight excluding hydrogens is 219 g/mol. The molecule has 0 saturated heterocycles. The number of rotatable bonds is 4. The van der Waals surface area contributed by atoms with Crippen molar-refractivity contribution in [2.24, 2.45) is 5.41 Å². The van der Waals surface area contributed by atoms with Gasteiger partial charge in [0.1, 0.15) is 5.82 Å². The van der Waals surface area contributed by atoms with Gasteiger partial charge in [-0.05, 0) is 30.0 Å². The summed E-state index contributed by atoms with van der Waals surface area (Å²) in [7, 11) is 0. The normalized spacial score (nSPS) is 13.5. The van der Waals surface area contributed by atoms with Gasteiger partial charge in [0, 0.05) is 18.3 Å². The maximum atomic E-state index is 13.6. The fourth-order valence-corrected chi connectivity index (χ4v) is 1.69. The number of benzene rings is 1. The summed E-state index contributed by atoms with van der Waals surface area (Å²) in [4.78, 5) is 0. The lowest BCUT2D eigenvalue weighted by molar-refractivity contribution is 0.235. The maximum absolute atomic E-state index is 13.6. The molecule has 4 heteroatoms. The number of hydrogen-bond donors (Lipinski definition) is 3. The molecule has 0 aliphatic rings. The van der Waals surface area contributed by atoms with Gasteiger partial charge in [-0.2, -0.15) is 0 Å². The van der Waals surface area contributed by atoms with Gasteiger partial charge < -0.3 is 16.2 Å². The van der Waals surface area contributed by atoms with E-state index in [4.69, 9.17) is 10.8 Å². The van der Waals surface area contributed by atoms with Crippen LogP contribution in [0.15, 0.2) is 18.2 Å². The number of hydrogen-bond acceptors (Lipinski definition) is 3.